The number of carbonyl (C=O) groups excluding carboxylic acids is 1. The third kappa shape index (κ3) is 1.71. The maximum atomic E-state index is 11.8. The minimum absolute atomic E-state index is 0.00171. The van der Waals surface area contributed by atoms with Crippen LogP contribution in [-0.2, 0) is 0 Å². The van der Waals surface area contributed by atoms with E-state index in [-0.39, 0.29) is 6.03 Å². The molecule has 78 valence electrons. The number of hydrogen-bond donors (Lipinski definition) is 0. The van der Waals surface area contributed by atoms with E-state index in [1.807, 2.05) is 11.9 Å². The lowest BCUT2D eigenvalue weighted by Gasteiger charge is -2.26. The normalized spacial score (nSPS) is 21.9. The Morgan fingerprint density at radius 2 is 2.14 bits per heavy atom. The average molecular weight is 196 g/mol. The summed E-state index contributed by atoms with van der Waals surface area (Å²) >= 11 is 0. The second kappa shape index (κ2) is 3.94. The molecule has 0 bridgehead atoms. The molecule has 1 aliphatic carbocycles. The lowest BCUT2D eigenvalue weighted by molar-refractivity contribution is 0.153. The van der Waals surface area contributed by atoms with Crippen molar-refractivity contribution in [2.24, 2.45) is 10.3 Å². The molecule has 0 aromatic carbocycles. The minimum atomic E-state index is -0.00171. The van der Waals surface area contributed by atoms with Crippen molar-refractivity contribution in [2.45, 2.75) is 31.7 Å². The molecule has 0 aromatic rings. The summed E-state index contributed by atoms with van der Waals surface area (Å²) in [6.07, 6.45) is 4.74. The summed E-state index contributed by atoms with van der Waals surface area (Å²) in [5.41, 5.74) is 0. The molecule has 0 saturated heterocycles. The van der Waals surface area contributed by atoms with Gasteiger partial charge in [0.25, 0.3) is 0 Å². The fourth-order valence-corrected chi connectivity index (χ4v) is 2.07. The van der Waals surface area contributed by atoms with Crippen LogP contribution in [0.25, 0.3) is 0 Å². The van der Waals surface area contributed by atoms with Crippen molar-refractivity contribution in [3.05, 3.63) is 0 Å². The molecule has 1 heterocycles. The average Bonchev–Trinajstić information content (AvgIpc) is 2.87. The largest absolute Gasteiger partial charge is 0.341 e. The summed E-state index contributed by atoms with van der Waals surface area (Å²) in [4.78, 5) is 13.6. The molecule has 2 rings (SSSR count). The Bertz CT molecular complexity index is 247. The molecule has 0 N–H and O–H groups in total. The van der Waals surface area contributed by atoms with Crippen molar-refractivity contribution in [3.8, 4) is 0 Å². The number of urea groups is 1. The van der Waals surface area contributed by atoms with Crippen LogP contribution < -0.4 is 0 Å². The third-order valence-corrected chi connectivity index (χ3v) is 2.98. The van der Waals surface area contributed by atoms with Crippen LogP contribution in [0.3, 0.4) is 0 Å². The van der Waals surface area contributed by atoms with Crippen molar-refractivity contribution in [1.29, 1.82) is 0 Å². The molecule has 1 aliphatic heterocycles. The summed E-state index contributed by atoms with van der Waals surface area (Å²) in [5.74, 6) is 0. The van der Waals surface area contributed by atoms with Gasteiger partial charge < -0.3 is 4.90 Å². The van der Waals surface area contributed by atoms with Gasteiger partial charge in [-0.15, -0.1) is 0 Å². The van der Waals surface area contributed by atoms with Gasteiger partial charge in [-0.3, -0.25) is 0 Å². The van der Waals surface area contributed by atoms with Gasteiger partial charge in [-0.25, -0.2) is 4.79 Å². The van der Waals surface area contributed by atoms with Gasteiger partial charge >= 0.3 is 6.03 Å². The van der Waals surface area contributed by atoms with Crippen molar-refractivity contribution < 1.29 is 4.79 Å². The van der Waals surface area contributed by atoms with Crippen LogP contribution in [0.15, 0.2) is 10.3 Å². The second-order valence-corrected chi connectivity index (χ2v) is 3.91. The summed E-state index contributed by atoms with van der Waals surface area (Å²) in [6, 6.07) is 0.413. The predicted octanol–water partition coefficient (Wildman–Crippen LogP) is 1.66. The Morgan fingerprint density at radius 1 is 1.43 bits per heavy atom. The van der Waals surface area contributed by atoms with E-state index in [4.69, 9.17) is 0 Å². The first-order valence-electron chi connectivity index (χ1n) is 5.21. The maximum absolute atomic E-state index is 11.8. The first-order valence-corrected chi connectivity index (χ1v) is 5.21. The second-order valence-electron chi connectivity index (χ2n) is 3.91. The molecule has 1 saturated carbocycles. The summed E-state index contributed by atoms with van der Waals surface area (Å²) in [7, 11) is 1.87. The topological polar surface area (TPSA) is 48.3 Å². The van der Waals surface area contributed by atoms with Gasteiger partial charge in [-0.1, -0.05) is 18.1 Å². The fourth-order valence-electron chi connectivity index (χ4n) is 2.07. The first kappa shape index (κ1) is 9.43. The van der Waals surface area contributed by atoms with E-state index in [1.165, 1.54) is 17.9 Å². The van der Waals surface area contributed by atoms with Crippen molar-refractivity contribution in [2.75, 3.05) is 20.1 Å². The highest BCUT2D eigenvalue weighted by atomic mass is 16.2. The van der Waals surface area contributed by atoms with Gasteiger partial charge in [0.1, 0.15) is 0 Å². The quantitative estimate of drug-likeness (QED) is 0.629. The smallest absolute Gasteiger partial charge is 0.323 e. The highest BCUT2D eigenvalue weighted by Gasteiger charge is 2.27. The zero-order valence-electron chi connectivity index (χ0n) is 8.52. The predicted molar refractivity (Wildman–Crippen MR) is 51.8 cm³/mol. The minimum Gasteiger partial charge on any atom is -0.323 e. The van der Waals surface area contributed by atoms with Crippen LogP contribution in [0.4, 0.5) is 4.79 Å². The van der Waals surface area contributed by atoms with Crippen molar-refractivity contribution in [1.82, 2.24) is 9.91 Å². The van der Waals surface area contributed by atoms with E-state index in [1.54, 1.807) is 0 Å². The van der Waals surface area contributed by atoms with Crippen LogP contribution in [0.5, 0.6) is 0 Å². The molecule has 2 aliphatic rings. The Balaban J connectivity index is 1.92. The van der Waals surface area contributed by atoms with E-state index in [0.29, 0.717) is 19.1 Å². The van der Waals surface area contributed by atoms with E-state index in [9.17, 15) is 4.79 Å². The standard InChI is InChI=1S/C9H16N4O/c1-12(8-4-2-3-5-8)9(14)13-7-6-10-11-13/h8H,2-7H2,1H3. The molecule has 5 nitrogen and oxygen atoms in total. The number of nitrogens with zero attached hydrogens (tertiary/aromatic N) is 4. The Kier molecular flexibility index (Phi) is 2.65. The first-order chi connectivity index (χ1) is 6.79. The zero-order chi connectivity index (χ0) is 9.97. The van der Waals surface area contributed by atoms with E-state index < -0.39 is 0 Å². The highest BCUT2D eigenvalue weighted by Crippen LogP contribution is 2.23. The Hall–Kier alpha value is -1.13. The molecule has 5 heteroatoms. The molecule has 1 fully saturated rings. The summed E-state index contributed by atoms with van der Waals surface area (Å²) in [6.45, 7) is 1.28. The zero-order valence-corrected chi connectivity index (χ0v) is 8.52. The van der Waals surface area contributed by atoms with E-state index >= 15 is 0 Å². The van der Waals surface area contributed by atoms with E-state index in [2.05, 4.69) is 10.3 Å². The van der Waals surface area contributed by atoms with Crippen molar-refractivity contribution in [3.63, 3.8) is 0 Å². The number of carbonyl (C=O) groups is 1. The lowest BCUT2D eigenvalue weighted by atomic mass is 10.2. The fraction of sp³-hybridized carbons (Fsp3) is 0.889. The molecule has 0 unspecified atom stereocenters. The lowest BCUT2D eigenvalue weighted by Crippen LogP contribution is -2.42. The van der Waals surface area contributed by atoms with Gasteiger partial charge in [-0.2, -0.15) is 10.1 Å². The van der Waals surface area contributed by atoms with E-state index in [0.717, 1.165) is 12.8 Å². The third-order valence-electron chi connectivity index (χ3n) is 2.98. The van der Waals surface area contributed by atoms with Crippen LogP contribution in [-0.4, -0.2) is 42.1 Å². The number of rotatable bonds is 1. The summed E-state index contributed by atoms with van der Waals surface area (Å²) in [5, 5.41) is 9.05. The number of amides is 2. The molecule has 0 radical (unpaired) electrons. The monoisotopic (exact) mass is 196 g/mol. The molecule has 2 amide bonds. The van der Waals surface area contributed by atoms with Gasteiger partial charge in [0.05, 0.1) is 13.1 Å². The maximum Gasteiger partial charge on any atom is 0.341 e. The van der Waals surface area contributed by atoms with Gasteiger partial charge in [0, 0.05) is 13.1 Å². The van der Waals surface area contributed by atoms with Gasteiger partial charge in [-0.05, 0) is 12.8 Å². The molecule has 0 atom stereocenters. The Labute approximate surface area is 83.7 Å². The molecule has 0 aromatic heterocycles. The van der Waals surface area contributed by atoms with Crippen molar-refractivity contribution >= 4 is 6.03 Å². The highest BCUT2D eigenvalue weighted by molar-refractivity contribution is 5.74. The molecular formula is C9H16N4O. The van der Waals surface area contributed by atoms with Crippen LogP contribution >= 0.6 is 0 Å². The van der Waals surface area contributed by atoms with Gasteiger partial charge in [0.15, 0.2) is 0 Å². The molecule has 14 heavy (non-hydrogen) atoms. The SMILES string of the molecule is CN(C(=O)N1CCN=N1)C1CCCC1. The molecule has 0 spiro atoms. The Morgan fingerprint density at radius 3 is 2.71 bits per heavy atom. The van der Waals surface area contributed by atoms with Crippen LogP contribution in [0, 0.1) is 0 Å². The molecular weight excluding hydrogens is 180 g/mol. The number of hydrogen-bond acceptors (Lipinski definition) is 3. The van der Waals surface area contributed by atoms with Gasteiger partial charge in [0.2, 0.25) is 0 Å². The van der Waals surface area contributed by atoms with Crippen LogP contribution in [0.1, 0.15) is 25.7 Å². The summed E-state index contributed by atoms with van der Waals surface area (Å²) < 4.78 is 0. The van der Waals surface area contributed by atoms with Crippen LogP contribution in [0.2, 0.25) is 0 Å².